The Morgan fingerprint density at radius 1 is 1.25 bits per heavy atom. The summed E-state index contributed by atoms with van der Waals surface area (Å²) in [5, 5.41) is 19.3. The van der Waals surface area contributed by atoms with Gasteiger partial charge in [-0.05, 0) is 36.6 Å². The van der Waals surface area contributed by atoms with E-state index in [4.69, 9.17) is 0 Å². The summed E-state index contributed by atoms with van der Waals surface area (Å²) in [6, 6.07) is 4.49. The number of hydrogen-bond acceptors (Lipinski definition) is 2. The van der Waals surface area contributed by atoms with Gasteiger partial charge in [0.15, 0.2) is 0 Å². The molecule has 2 N–H and O–H groups in total. The topological polar surface area (TPSA) is 40.5 Å². The summed E-state index contributed by atoms with van der Waals surface area (Å²) in [5.74, 6) is -0.308. The summed E-state index contributed by atoms with van der Waals surface area (Å²) in [4.78, 5) is 0. The first kappa shape index (κ1) is 13.1. The molecule has 16 heavy (non-hydrogen) atoms. The Hall–Kier alpha value is -0.930. The first-order chi connectivity index (χ1) is 7.54. The van der Waals surface area contributed by atoms with E-state index in [1.807, 2.05) is 13.8 Å². The van der Waals surface area contributed by atoms with Crippen LogP contribution >= 0.6 is 0 Å². The molecule has 0 aromatic heterocycles. The Bertz CT molecular complexity index is 339. The highest BCUT2D eigenvalue weighted by atomic mass is 19.1. The van der Waals surface area contributed by atoms with Crippen molar-refractivity contribution >= 4 is 0 Å². The van der Waals surface area contributed by atoms with Gasteiger partial charge in [-0.1, -0.05) is 19.4 Å². The summed E-state index contributed by atoms with van der Waals surface area (Å²) in [6.07, 6.45) is 0.133. The highest BCUT2D eigenvalue weighted by Gasteiger charge is 2.16. The zero-order valence-electron chi connectivity index (χ0n) is 9.78. The molecule has 0 spiro atoms. The second-order valence-corrected chi connectivity index (χ2v) is 4.20. The van der Waals surface area contributed by atoms with Gasteiger partial charge < -0.3 is 10.2 Å². The molecule has 0 fully saturated rings. The molecule has 2 atom stereocenters. The van der Waals surface area contributed by atoms with Crippen molar-refractivity contribution in [2.24, 2.45) is 0 Å². The lowest BCUT2D eigenvalue weighted by Crippen LogP contribution is -2.28. The van der Waals surface area contributed by atoms with Crippen molar-refractivity contribution in [3.05, 3.63) is 35.1 Å². The maximum absolute atomic E-state index is 13.0. The minimum absolute atomic E-state index is 0.296. The van der Waals surface area contributed by atoms with Crippen LogP contribution in [0.5, 0.6) is 0 Å². The van der Waals surface area contributed by atoms with Crippen molar-refractivity contribution in [2.75, 3.05) is 0 Å². The van der Waals surface area contributed by atoms with Crippen LogP contribution in [0.4, 0.5) is 4.39 Å². The molecule has 3 heteroatoms. The first-order valence-corrected chi connectivity index (χ1v) is 5.65. The molecule has 2 unspecified atom stereocenters. The zero-order valence-corrected chi connectivity index (χ0v) is 9.78. The third-order valence-electron chi connectivity index (χ3n) is 2.77. The van der Waals surface area contributed by atoms with Gasteiger partial charge in [-0.3, -0.25) is 0 Å². The van der Waals surface area contributed by atoms with Crippen molar-refractivity contribution in [1.82, 2.24) is 0 Å². The second-order valence-electron chi connectivity index (χ2n) is 4.20. The fraction of sp³-hybridized carbons (Fsp3) is 0.538. The van der Waals surface area contributed by atoms with Gasteiger partial charge in [0, 0.05) is 6.42 Å². The van der Waals surface area contributed by atoms with E-state index in [-0.39, 0.29) is 5.82 Å². The fourth-order valence-corrected chi connectivity index (χ4v) is 1.71. The molecule has 90 valence electrons. The van der Waals surface area contributed by atoms with Crippen LogP contribution in [0.25, 0.3) is 0 Å². The zero-order chi connectivity index (χ0) is 12.1. The quantitative estimate of drug-likeness (QED) is 0.808. The van der Waals surface area contributed by atoms with Crippen molar-refractivity contribution in [1.29, 1.82) is 0 Å². The van der Waals surface area contributed by atoms with Crippen LogP contribution in [0.1, 0.15) is 30.9 Å². The average molecular weight is 226 g/mol. The molecular formula is C13H19FO2. The van der Waals surface area contributed by atoms with E-state index in [1.54, 1.807) is 6.07 Å². The number of benzene rings is 1. The second kappa shape index (κ2) is 5.97. The van der Waals surface area contributed by atoms with Crippen LogP contribution in [0.2, 0.25) is 0 Å². The van der Waals surface area contributed by atoms with Gasteiger partial charge >= 0.3 is 0 Å². The van der Waals surface area contributed by atoms with Crippen molar-refractivity contribution in [3.8, 4) is 0 Å². The molecule has 0 aliphatic rings. The average Bonchev–Trinajstić information content (AvgIpc) is 2.23. The third-order valence-corrected chi connectivity index (χ3v) is 2.77. The van der Waals surface area contributed by atoms with Gasteiger partial charge in [-0.25, -0.2) is 4.39 Å². The molecule has 0 amide bonds. The normalized spacial score (nSPS) is 14.8. The minimum Gasteiger partial charge on any atom is -0.390 e. The maximum Gasteiger partial charge on any atom is 0.123 e. The number of aryl methyl sites for hydroxylation is 1. The minimum atomic E-state index is -0.819. The summed E-state index contributed by atoms with van der Waals surface area (Å²) >= 11 is 0. The van der Waals surface area contributed by atoms with Crippen LogP contribution in [0, 0.1) is 12.7 Å². The van der Waals surface area contributed by atoms with E-state index in [0.29, 0.717) is 12.8 Å². The lowest BCUT2D eigenvalue weighted by Gasteiger charge is -2.18. The molecule has 0 saturated heterocycles. The van der Waals surface area contributed by atoms with Crippen molar-refractivity contribution < 1.29 is 14.6 Å². The smallest absolute Gasteiger partial charge is 0.123 e. The number of rotatable bonds is 5. The summed E-state index contributed by atoms with van der Waals surface area (Å²) in [5.41, 5.74) is 1.69. The molecule has 2 nitrogen and oxygen atoms in total. The molecule has 0 bridgehead atoms. The van der Waals surface area contributed by atoms with Crippen LogP contribution in [-0.2, 0) is 6.42 Å². The SMILES string of the molecule is CCCC(O)C(O)Cc1cc(F)ccc1C. The predicted octanol–water partition coefficient (Wildman–Crippen LogP) is 2.20. The van der Waals surface area contributed by atoms with Crippen LogP contribution in [0.15, 0.2) is 18.2 Å². The van der Waals surface area contributed by atoms with Crippen LogP contribution in [-0.4, -0.2) is 22.4 Å². The molecule has 0 aliphatic carbocycles. The maximum atomic E-state index is 13.0. The van der Waals surface area contributed by atoms with E-state index in [0.717, 1.165) is 17.5 Å². The van der Waals surface area contributed by atoms with E-state index in [9.17, 15) is 14.6 Å². The molecule has 1 rings (SSSR count). The van der Waals surface area contributed by atoms with Gasteiger partial charge in [0.25, 0.3) is 0 Å². The highest BCUT2D eigenvalue weighted by Crippen LogP contribution is 2.15. The van der Waals surface area contributed by atoms with Crippen LogP contribution in [0.3, 0.4) is 0 Å². The third kappa shape index (κ3) is 3.58. The number of aliphatic hydroxyl groups excluding tert-OH is 2. The summed E-state index contributed by atoms with van der Waals surface area (Å²) in [6.45, 7) is 3.82. The largest absolute Gasteiger partial charge is 0.390 e. The van der Waals surface area contributed by atoms with Gasteiger partial charge in [-0.15, -0.1) is 0 Å². The Balaban J connectivity index is 2.68. The Kier molecular flexibility index (Phi) is 4.90. The first-order valence-electron chi connectivity index (χ1n) is 5.65. The molecule has 0 radical (unpaired) electrons. The molecule has 1 aromatic carbocycles. The Labute approximate surface area is 95.7 Å². The Morgan fingerprint density at radius 3 is 2.56 bits per heavy atom. The standard InChI is InChI=1S/C13H19FO2/c1-3-4-12(15)13(16)8-10-7-11(14)6-5-9(10)2/h5-7,12-13,15-16H,3-4,8H2,1-2H3. The molecular weight excluding hydrogens is 207 g/mol. The monoisotopic (exact) mass is 226 g/mol. The lowest BCUT2D eigenvalue weighted by atomic mass is 9.98. The van der Waals surface area contributed by atoms with Crippen molar-refractivity contribution in [2.45, 2.75) is 45.3 Å². The molecule has 0 saturated carbocycles. The number of halogens is 1. The summed E-state index contributed by atoms with van der Waals surface area (Å²) in [7, 11) is 0. The highest BCUT2D eigenvalue weighted by molar-refractivity contribution is 5.27. The predicted molar refractivity (Wildman–Crippen MR) is 61.8 cm³/mol. The van der Waals surface area contributed by atoms with Crippen LogP contribution < -0.4 is 0 Å². The lowest BCUT2D eigenvalue weighted by molar-refractivity contribution is 0.0147. The van der Waals surface area contributed by atoms with E-state index in [2.05, 4.69) is 0 Å². The van der Waals surface area contributed by atoms with E-state index >= 15 is 0 Å². The number of hydrogen-bond donors (Lipinski definition) is 2. The molecule has 0 heterocycles. The van der Waals surface area contributed by atoms with E-state index < -0.39 is 12.2 Å². The van der Waals surface area contributed by atoms with Gasteiger partial charge in [0.05, 0.1) is 12.2 Å². The molecule has 1 aromatic rings. The van der Waals surface area contributed by atoms with Crippen molar-refractivity contribution in [3.63, 3.8) is 0 Å². The molecule has 0 aliphatic heterocycles. The van der Waals surface area contributed by atoms with E-state index in [1.165, 1.54) is 12.1 Å². The van der Waals surface area contributed by atoms with Gasteiger partial charge in [0.2, 0.25) is 0 Å². The number of aliphatic hydroxyl groups is 2. The Morgan fingerprint density at radius 2 is 1.94 bits per heavy atom. The van der Waals surface area contributed by atoms with Gasteiger partial charge in [-0.2, -0.15) is 0 Å². The van der Waals surface area contributed by atoms with Gasteiger partial charge in [0.1, 0.15) is 5.82 Å². The fourth-order valence-electron chi connectivity index (χ4n) is 1.71. The summed E-state index contributed by atoms with van der Waals surface area (Å²) < 4.78 is 13.0.